The van der Waals surface area contributed by atoms with Crippen molar-refractivity contribution in [1.82, 2.24) is 5.32 Å². The van der Waals surface area contributed by atoms with Crippen molar-refractivity contribution in [3.63, 3.8) is 0 Å². The monoisotopic (exact) mass is 315 g/mol. The highest BCUT2D eigenvalue weighted by Gasteiger charge is 2.22. The van der Waals surface area contributed by atoms with Crippen LogP contribution >= 0.6 is 0 Å². The zero-order valence-corrected chi connectivity index (χ0v) is 12.3. The van der Waals surface area contributed by atoms with E-state index in [4.69, 9.17) is 4.74 Å². The number of phenolic OH excluding ortho intramolecular Hbond substituents is 1. The first-order chi connectivity index (χ1) is 11.1. The van der Waals surface area contributed by atoms with Crippen molar-refractivity contribution in [2.24, 2.45) is 0 Å². The van der Waals surface area contributed by atoms with Gasteiger partial charge in [0, 0.05) is 5.56 Å². The minimum absolute atomic E-state index is 0.0253. The molecule has 0 spiro atoms. The van der Waals surface area contributed by atoms with Crippen LogP contribution in [0.15, 0.2) is 54.6 Å². The van der Waals surface area contributed by atoms with Crippen LogP contribution in [-0.2, 0) is 11.3 Å². The maximum Gasteiger partial charge on any atom is 0.408 e. The molecule has 0 fully saturated rings. The van der Waals surface area contributed by atoms with Crippen molar-refractivity contribution in [1.29, 1.82) is 0 Å². The van der Waals surface area contributed by atoms with Gasteiger partial charge in [0.25, 0.3) is 0 Å². The van der Waals surface area contributed by atoms with Gasteiger partial charge in [0.15, 0.2) is 5.78 Å². The first-order valence-corrected chi connectivity index (χ1v) is 7.01. The van der Waals surface area contributed by atoms with Crippen molar-refractivity contribution in [3.05, 3.63) is 65.7 Å². The number of aliphatic hydroxyl groups is 1. The van der Waals surface area contributed by atoms with Crippen molar-refractivity contribution >= 4 is 11.9 Å². The Hall–Kier alpha value is -2.86. The molecule has 0 aromatic heterocycles. The molecule has 120 valence electrons. The number of benzene rings is 2. The lowest BCUT2D eigenvalue weighted by molar-refractivity contribution is 0.0864. The summed E-state index contributed by atoms with van der Waals surface area (Å²) in [6.07, 6.45) is -0.792. The van der Waals surface area contributed by atoms with Gasteiger partial charge < -0.3 is 20.3 Å². The molecule has 0 heterocycles. The number of ketones is 1. The van der Waals surface area contributed by atoms with E-state index >= 15 is 0 Å². The first-order valence-electron chi connectivity index (χ1n) is 7.01. The minimum atomic E-state index is -1.11. The highest BCUT2D eigenvalue weighted by Crippen LogP contribution is 2.11. The number of amides is 1. The summed E-state index contributed by atoms with van der Waals surface area (Å²) < 4.78 is 5.01. The van der Waals surface area contributed by atoms with Gasteiger partial charge in [-0.15, -0.1) is 0 Å². The number of ether oxygens (including phenoxy) is 1. The number of rotatable bonds is 6. The van der Waals surface area contributed by atoms with Gasteiger partial charge in [-0.25, -0.2) is 4.79 Å². The molecule has 1 atom stereocenters. The Labute approximate surface area is 133 Å². The molecule has 0 aliphatic carbocycles. The molecule has 0 saturated carbocycles. The molecule has 6 heteroatoms. The Kier molecular flexibility index (Phi) is 5.71. The topological polar surface area (TPSA) is 95.9 Å². The Morgan fingerprint density at radius 2 is 1.70 bits per heavy atom. The second kappa shape index (κ2) is 7.95. The average Bonchev–Trinajstić information content (AvgIpc) is 2.59. The number of alkyl carbamates (subject to hydrolysis) is 1. The summed E-state index contributed by atoms with van der Waals surface area (Å²) in [6, 6.07) is 13.5. The molecule has 0 unspecified atom stereocenters. The van der Waals surface area contributed by atoms with Crippen LogP contribution in [-0.4, -0.2) is 34.7 Å². The lowest BCUT2D eigenvalue weighted by Crippen LogP contribution is -2.43. The molecule has 2 aromatic rings. The van der Waals surface area contributed by atoms with Crippen LogP contribution in [0, 0.1) is 0 Å². The fraction of sp³-hybridized carbons (Fsp3) is 0.176. The second-order valence-corrected chi connectivity index (χ2v) is 4.85. The summed E-state index contributed by atoms with van der Waals surface area (Å²) in [5.74, 6) is -0.443. The highest BCUT2D eigenvalue weighted by molar-refractivity contribution is 6.01. The number of phenols is 1. The summed E-state index contributed by atoms with van der Waals surface area (Å²) >= 11 is 0. The van der Waals surface area contributed by atoms with Gasteiger partial charge in [0.05, 0.1) is 6.61 Å². The van der Waals surface area contributed by atoms with E-state index in [2.05, 4.69) is 5.32 Å². The van der Waals surface area contributed by atoms with Crippen LogP contribution in [0.1, 0.15) is 15.9 Å². The fourth-order valence-corrected chi connectivity index (χ4v) is 1.93. The molecule has 3 N–H and O–H groups in total. The van der Waals surface area contributed by atoms with E-state index in [-0.39, 0.29) is 17.9 Å². The normalized spacial score (nSPS) is 11.5. The van der Waals surface area contributed by atoms with Crippen molar-refractivity contribution in [2.75, 3.05) is 6.61 Å². The van der Waals surface area contributed by atoms with Crippen molar-refractivity contribution in [3.8, 4) is 5.75 Å². The van der Waals surface area contributed by atoms with Crippen molar-refractivity contribution < 1.29 is 24.5 Å². The minimum Gasteiger partial charge on any atom is -0.508 e. The molecule has 1 amide bonds. The number of aromatic hydroxyl groups is 1. The van der Waals surface area contributed by atoms with Crippen LogP contribution in [0.4, 0.5) is 4.79 Å². The van der Waals surface area contributed by atoms with Crippen LogP contribution in [0.5, 0.6) is 5.75 Å². The molecule has 0 saturated heterocycles. The standard InChI is InChI=1S/C17H17NO5/c19-10-15(16(21)13-6-8-14(20)9-7-13)18-17(22)23-11-12-4-2-1-3-5-12/h1-9,15,19-20H,10-11H2,(H,18,22)/t15-/m1/s1. The summed E-state index contributed by atoms with van der Waals surface area (Å²) in [7, 11) is 0. The summed E-state index contributed by atoms with van der Waals surface area (Å²) in [4.78, 5) is 23.9. The molecule has 6 nitrogen and oxygen atoms in total. The molecule has 0 aliphatic rings. The smallest absolute Gasteiger partial charge is 0.408 e. The number of nitrogens with one attached hydrogen (secondary N) is 1. The van der Waals surface area contributed by atoms with Crippen LogP contribution in [0.25, 0.3) is 0 Å². The third-order valence-corrected chi connectivity index (χ3v) is 3.16. The Balaban J connectivity index is 1.91. The first kappa shape index (κ1) is 16.5. The maximum atomic E-state index is 12.2. The lowest BCUT2D eigenvalue weighted by atomic mass is 10.0. The van der Waals surface area contributed by atoms with Crippen molar-refractivity contribution in [2.45, 2.75) is 12.6 Å². The fourth-order valence-electron chi connectivity index (χ4n) is 1.93. The van der Waals surface area contributed by atoms with Gasteiger partial charge in [-0.3, -0.25) is 4.79 Å². The predicted octanol–water partition coefficient (Wildman–Crippen LogP) is 1.86. The SMILES string of the molecule is O=C(N[C@H](CO)C(=O)c1ccc(O)cc1)OCc1ccccc1. The van der Waals surface area contributed by atoms with Gasteiger partial charge in [-0.2, -0.15) is 0 Å². The molecule has 0 aliphatic heterocycles. The summed E-state index contributed by atoms with van der Waals surface area (Å²) in [5, 5.41) is 20.8. The molecule has 0 radical (unpaired) electrons. The van der Waals surface area contributed by atoms with Gasteiger partial charge >= 0.3 is 6.09 Å². The number of carbonyl (C=O) groups is 2. The predicted molar refractivity (Wildman–Crippen MR) is 83.1 cm³/mol. The highest BCUT2D eigenvalue weighted by atomic mass is 16.5. The molecule has 23 heavy (non-hydrogen) atoms. The number of hydrogen-bond acceptors (Lipinski definition) is 5. The van der Waals surface area contributed by atoms with E-state index in [1.165, 1.54) is 24.3 Å². The van der Waals surface area contributed by atoms with Gasteiger partial charge in [0.2, 0.25) is 0 Å². The van der Waals surface area contributed by atoms with Crippen LogP contribution in [0.3, 0.4) is 0 Å². The summed E-state index contributed by atoms with van der Waals surface area (Å²) in [5.41, 5.74) is 1.08. The molecule has 2 aromatic carbocycles. The Bertz CT molecular complexity index is 654. The van der Waals surface area contributed by atoms with E-state index in [0.29, 0.717) is 0 Å². The largest absolute Gasteiger partial charge is 0.508 e. The number of aliphatic hydroxyl groups excluding tert-OH is 1. The zero-order chi connectivity index (χ0) is 16.7. The number of carbonyl (C=O) groups excluding carboxylic acids is 2. The molecule has 2 rings (SSSR count). The van der Waals surface area contributed by atoms with Crippen LogP contribution < -0.4 is 5.32 Å². The third-order valence-electron chi connectivity index (χ3n) is 3.16. The van der Waals surface area contributed by atoms with Crippen LogP contribution in [0.2, 0.25) is 0 Å². The average molecular weight is 315 g/mol. The van der Waals surface area contributed by atoms with E-state index < -0.39 is 24.5 Å². The molecular weight excluding hydrogens is 298 g/mol. The third kappa shape index (κ3) is 4.82. The lowest BCUT2D eigenvalue weighted by Gasteiger charge is -2.15. The van der Waals surface area contributed by atoms with E-state index in [1.54, 1.807) is 12.1 Å². The van der Waals surface area contributed by atoms with Gasteiger partial charge in [-0.05, 0) is 29.8 Å². The van der Waals surface area contributed by atoms with E-state index in [9.17, 15) is 19.8 Å². The zero-order valence-electron chi connectivity index (χ0n) is 12.3. The van der Waals surface area contributed by atoms with Gasteiger partial charge in [-0.1, -0.05) is 30.3 Å². The number of Topliss-reactive ketones (excluding diaryl/α,β-unsaturated/α-hetero) is 1. The Morgan fingerprint density at radius 1 is 1.04 bits per heavy atom. The second-order valence-electron chi connectivity index (χ2n) is 4.85. The van der Waals surface area contributed by atoms with E-state index in [1.807, 2.05) is 18.2 Å². The maximum absolute atomic E-state index is 12.2. The van der Waals surface area contributed by atoms with Gasteiger partial charge in [0.1, 0.15) is 18.4 Å². The van der Waals surface area contributed by atoms with E-state index in [0.717, 1.165) is 5.56 Å². The molecule has 0 bridgehead atoms. The Morgan fingerprint density at radius 3 is 2.30 bits per heavy atom. The number of hydrogen-bond donors (Lipinski definition) is 3. The quantitative estimate of drug-likeness (QED) is 0.707. The molecular formula is C17H17NO5. The summed E-state index contributed by atoms with van der Waals surface area (Å²) in [6.45, 7) is -0.488.